The standard InChI is InChI=1S/C18H35N5O2/c1-19-17(24)15-16-5-9-23(10-6-16)18(20-2)21-7-3-4-8-22-11-13-25-14-12-22/h16H,3-15H2,1-2H3,(H,19,24)(H,20,21). The number of unbranched alkanes of at least 4 members (excludes halogenated alkanes) is 1. The molecule has 2 saturated heterocycles. The Kier molecular flexibility index (Phi) is 9.04. The van der Waals surface area contributed by atoms with Crippen LogP contribution in [0.3, 0.4) is 0 Å². The number of likely N-dealkylation sites (tertiary alicyclic amines) is 1. The number of nitrogens with one attached hydrogen (secondary N) is 2. The number of aliphatic imine (C=N–C) groups is 1. The van der Waals surface area contributed by atoms with E-state index < -0.39 is 0 Å². The molecule has 2 N–H and O–H groups in total. The minimum Gasteiger partial charge on any atom is -0.379 e. The van der Waals surface area contributed by atoms with Crippen LogP contribution in [0.1, 0.15) is 32.1 Å². The van der Waals surface area contributed by atoms with Crippen LogP contribution < -0.4 is 10.6 Å². The zero-order valence-corrected chi connectivity index (χ0v) is 15.9. The van der Waals surface area contributed by atoms with Crippen molar-refractivity contribution in [3.63, 3.8) is 0 Å². The van der Waals surface area contributed by atoms with Gasteiger partial charge in [0.15, 0.2) is 5.96 Å². The molecule has 0 unspecified atom stereocenters. The lowest BCUT2D eigenvalue weighted by molar-refractivity contribution is -0.121. The van der Waals surface area contributed by atoms with Crippen molar-refractivity contribution in [2.24, 2.45) is 10.9 Å². The largest absolute Gasteiger partial charge is 0.379 e. The Morgan fingerprint density at radius 2 is 1.88 bits per heavy atom. The molecule has 0 aliphatic carbocycles. The number of rotatable bonds is 7. The molecule has 1 amide bonds. The van der Waals surface area contributed by atoms with E-state index in [1.54, 1.807) is 7.05 Å². The van der Waals surface area contributed by atoms with E-state index in [0.29, 0.717) is 12.3 Å². The molecule has 2 aliphatic heterocycles. The number of amides is 1. The van der Waals surface area contributed by atoms with Gasteiger partial charge in [0.2, 0.25) is 5.91 Å². The Balaban J connectivity index is 1.58. The summed E-state index contributed by atoms with van der Waals surface area (Å²) >= 11 is 0. The summed E-state index contributed by atoms with van der Waals surface area (Å²) in [5, 5.41) is 6.22. The Bertz CT molecular complexity index is 416. The minimum absolute atomic E-state index is 0.154. The summed E-state index contributed by atoms with van der Waals surface area (Å²) in [5.41, 5.74) is 0. The van der Waals surface area contributed by atoms with E-state index in [-0.39, 0.29) is 5.91 Å². The van der Waals surface area contributed by atoms with Crippen molar-refractivity contribution in [1.29, 1.82) is 0 Å². The number of ether oxygens (including phenoxy) is 1. The molecule has 2 aliphatic rings. The fourth-order valence-corrected chi connectivity index (χ4v) is 3.53. The number of morpholine rings is 1. The van der Waals surface area contributed by atoms with Crippen LogP contribution in [0.15, 0.2) is 4.99 Å². The number of hydrogen-bond acceptors (Lipinski definition) is 4. The minimum atomic E-state index is 0.154. The first-order valence-corrected chi connectivity index (χ1v) is 9.69. The van der Waals surface area contributed by atoms with Gasteiger partial charge in [-0.15, -0.1) is 0 Å². The second-order valence-electron chi connectivity index (χ2n) is 6.94. The first kappa shape index (κ1) is 20.0. The summed E-state index contributed by atoms with van der Waals surface area (Å²) < 4.78 is 5.38. The normalized spacial score (nSPS) is 20.6. The van der Waals surface area contributed by atoms with E-state index in [1.807, 2.05) is 7.05 Å². The molecule has 0 atom stereocenters. The first-order chi connectivity index (χ1) is 12.2. The number of hydrogen-bond donors (Lipinski definition) is 2. The van der Waals surface area contributed by atoms with Crippen LogP contribution in [-0.4, -0.2) is 88.2 Å². The first-order valence-electron chi connectivity index (χ1n) is 9.69. The zero-order valence-electron chi connectivity index (χ0n) is 15.9. The van der Waals surface area contributed by atoms with Crippen molar-refractivity contribution >= 4 is 11.9 Å². The van der Waals surface area contributed by atoms with Crippen LogP contribution in [0, 0.1) is 5.92 Å². The van der Waals surface area contributed by atoms with Crippen molar-refractivity contribution in [2.45, 2.75) is 32.1 Å². The lowest BCUT2D eigenvalue weighted by Crippen LogP contribution is -2.46. The second-order valence-corrected chi connectivity index (χ2v) is 6.94. The molecular formula is C18H35N5O2. The van der Waals surface area contributed by atoms with Gasteiger partial charge in [0.1, 0.15) is 0 Å². The number of carbonyl (C=O) groups is 1. The molecule has 7 heteroatoms. The summed E-state index contributed by atoms with van der Waals surface area (Å²) in [6.45, 7) is 7.98. The maximum atomic E-state index is 11.5. The van der Waals surface area contributed by atoms with Crippen LogP contribution in [0.4, 0.5) is 0 Å². The predicted octanol–water partition coefficient (Wildman–Crippen LogP) is 0.522. The molecule has 25 heavy (non-hydrogen) atoms. The SMILES string of the molecule is CN=C(NCCCCN1CCOCC1)N1CCC(CC(=O)NC)CC1. The van der Waals surface area contributed by atoms with Gasteiger partial charge in [-0.25, -0.2) is 0 Å². The van der Waals surface area contributed by atoms with Crippen LogP contribution in [-0.2, 0) is 9.53 Å². The molecule has 2 heterocycles. The van der Waals surface area contributed by atoms with Gasteiger partial charge in [0.05, 0.1) is 13.2 Å². The lowest BCUT2D eigenvalue weighted by Gasteiger charge is -2.34. The summed E-state index contributed by atoms with van der Waals surface area (Å²) in [7, 11) is 3.56. The number of nitrogens with zero attached hydrogens (tertiary/aromatic N) is 3. The Labute approximate surface area is 152 Å². The molecule has 7 nitrogen and oxygen atoms in total. The predicted molar refractivity (Wildman–Crippen MR) is 101 cm³/mol. The molecule has 2 fully saturated rings. The van der Waals surface area contributed by atoms with Crippen molar-refractivity contribution in [2.75, 3.05) is 66.6 Å². The van der Waals surface area contributed by atoms with E-state index in [9.17, 15) is 4.79 Å². The third kappa shape index (κ3) is 7.20. The number of guanidine groups is 1. The van der Waals surface area contributed by atoms with Crippen molar-refractivity contribution < 1.29 is 9.53 Å². The summed E-state index contributed by atoms with van der Waals surface area (Å²) in [5.74, 6) is 1.66. The molecule has 0 bridgehead atoms. The van der Waals surface area contributed by atoms with E-state index in [1.165, 1.54) is 6.42 Å². The van der Waals surface area contributed by atoms with Crippen LogP contribution in [0.5, 0.6) is 0 Å². The third-order valence-electron chi connectivity index (χ3n) is 5.17. The van der Waals surface area contributed by atoms with Gasteiger partial charge >= 0.3 is 0 Å². The van der Waals surface area contributed by atoms with E-state index in [2.05, 4.69) is 25.4 Å². The topological polar surface area (TPSA) is 69.2 Å². The smallest absolute Gasteiger partial charge is 0.220 e. The number of piperidine rings is 1. The average molecular weight is 354 g/mol. The van der Waals surface area contributed by atoms with Gasteiger partial charge in [0.25, 0.3) is 0 Å². The van der Waals surface area contributed by atoms with Gasteiger partial charge in [-0.1, -0.05) is 0 Å². The van der Waals surface area contributed by atoms with Gasteiger partial charge in [-0.3, -0.25) is 14.7 Å². The van der Waals surface area contributed by atoms with Crippen molar-refractivity contribution in [1.82, 2.24) is 20.4 Å². The highest BCUT2D eigenvalue weighted by Gasteiger charge is 2.22. The maximum Gasteiger partial charge on any atom is 0.220 e. The molecule has 0 aromatic carbocycles. The summed E-state index contributed by atoms with van der Waals surface area (Å²) in [4.78, 5) is 20.7. The van der Waals surface area contributed by atoms with E-state index in [0.717, 1.165) is 77.7 Å². The molecule has 0 aromatic rings. The third-order valence-corrected chi connectivity index (χ3v) is 5.17. The van der Waals surface area contributed by atoms with Gasteiger partial charge < -0.3 is 20.3 Å². The highest BCUT2D eigenvalue weighted by Crippen LogP contribution is 2.20. The van der Waals surface area contributed by atoms with Gasteiger partial charge in [-0.2, -0.15) is 0 Å². The molecular weight excluding hydrogens is 318 g/mol. The Hall–Kier alpha value is -1.34. The zero-order chi connectivity index (χ0) is 17.9. The molecule has 144 valence electrons. The Morgan fingerprint density at radius 1 is 1.16 bits per heavy atom. The lowest BCUT2D eigenvalue weighted by atomic mass is 9.93. The molecule has 0 spiro atoms. The maximum absolute atomic E-state index is 11.5. The summed E-state index contributed by atoms with van der Waals surface area (Å²) in [6.07, 6.45) is 5.13. The average Bonchev–Trinajstić information content (AvgIpc) is 2.66. The van der Waals surface area contributed by atoms with Crippen LogP contribution in [0.25, 0.3) is 0 Å². The number of carbonyl (C=O) groups excluding carboxylic acids is 1. The van der Waals surface area contributed by atoms with Crippen LogP contribution in [0.2, 0.25) is 0 Å². The molecule has 0 saturated carbocycles. The van der Waals surface area contributed by atoms with Gasteiger partial charge in [0, 0.05) is 53.2 Å². The highest BCUT2D eigenvalue weighted by molar-refractivity contribution is 5.80. The van der Waals surface area contributed by atoms with Crippen molar-refractivity contribution in [3.8, 4) is 0 Å². The Morgan fingerprint density at radius 3 is 2.52 bits per heavy atom. The fraction of sp³-hybridized carbons (Fsp3) is 0.889. The highest BCUT2D eigenvalue weighted by atomic mass is 16.5. The molecule has 0 aromatic heterocycles. The quantitative estimate of drug-likeness (QED) is 0.397. The summed E-state index contributed by atoms with van der Waals surface area (Å²) in [6, 6.07) is 0. The molecule has 2 rings (SSSR count). The fourth-order valence-electron chi connectivity index (χ4n) is 3.53. The molecule has 0 radical (unpaired) electrons. The van der Waals surface area contributed by atoms with Crippen molar-refractivity contribution in [3.05, 3.63) is 0 Å². The van der Waals surface area contributed by atoms with E-state index in [4.69, 9.17) is 4.74 Å². The second kappa shape index (κ2) is 11.3. The van der Waals surface area contributed by atoms with E-state index >= 15 is 0 Å². The van der Waals surface area contributed by atoms with Crippen LogP contribution >= 0.6 is 0 Å². The van der Waals surface area contributed by atoms with Gasteiger partial charge in [-0.05, 0) is 38.1 Å². The monoisotopic (exact) mass is 353 g/mol.